The van der Waals surface area contributed by atoms with Gasteiger partial charge in [0.25, 0.3) is 0 Å². The maximum atomic E-state index is 4.39. The van der Waals surface area contributed by atoms with Crippen molar-refractivity contribution in [3.05, 3.63) is 0 Å². The quantitative estimate of drug-likeness (QED) is 0.766. The minimum Gasteiger partial charge on any atom is -0.354 e. The van der Waals surface area contributed by atoms with Crippen LogP contribution in [0.2, 0.25) is 0 Å². The summed E-state index contributed by atoms with van der Waals surface area (Å²) in [4.78, 5) is 15.0. The molecule has 1 aromatic heterocycles. The van der Waals surface area contributed by atoms with E-state index in [0.717, 1.165) is 25.4 Å². The van der Waals surface area contributed by atoms with Crippen LogP contribution in [-0.2, 0) is 0 Å². The van der Waals surface area contributed by atoms with Crippen LogP contribution in [0, 0.1) is 5.92 Å². The first-order valence-electron chi connectivity index (χ1n) is 6.60. The van der Waals surface area contributed by atoms with Gasteiger partial charge in [-0.3, -0.25) is 0 Å². The lowest BCUT2D eigenvalue weighted by Gasteiger charge is -2.13. The van der Waals surface area contributed by atoms with Crippen molar-refractivity contribution in [2.45, 2.75) is 26.2 Å². The van der Waals surface area contributed by atoms with Crippen LogP contribution in [0.25, 0.3) is 0 Å². The Morgan fingerprint density at radius 1 is 1.11 bits per heavy atom. The van der Waals surface area contributed by atoms with Crippen molar-refractivity contribution in [2.75, 3.05) is 42.7 Å². The van der Waals surface area contributed by atoms with E-state index in [4.69, 9.17) is 0 Å². The molecular formula is C12H22N6. The molecule has 6 nitrogen and oxygen atoms in total. The zero-order valence-corrected chi connectivity index (χ0v) is 11.4. The Morgan fingerprint density at radius 3 is 2.33 bits per heavy atom. The second kappa shape index (κ2) is 5.84. The fraction of sp³-hybridized carbons (Fsp3) is 0.750. The second-order valence-electron chi connectivity index (χ2n) is 4.93. The molecular weight excluding hydrogens is 228 g/mol. The van der Waals surface area contributed by atoms with Gasteiger partial charge in [0.2, 0.25) is 17.8 Å². The van der Waals surface area contributed by atoms with E-state index < -0.39 is 0 Å². The molecule has 0 saturated heterocycles. The van der Waals surface area contributed by atoms with Crippen LogP contribution < -0.4 is 15.5 Å². The van der Waals surface area contributed by atoms with Gasteiger partial charge in [-0.15, -0.1) is 0 Å². The summed E-state index contributed by atoms with van der Waals surface area (Å²) in [6.07, 6.45) is 3.69. The maximum Gasteiger partial charge on any atom is 0.231 e. The van der Waals surface area contributed by atoms with E-state index in [0.29, 0.717) is 17.8 Å². The minimum atomic E-state index is 0.647. The second-order valence-corrected chi connectivity index (χ2v) is 4.93. The summed E-state index contributed by atoms with van der Waals surface area (Å²) in [7, 11) is 3.87. The van der Waals surface area contributed by atoms with E-state index in [1.165, 1.54) is 12.8 Å². The van der Waals surface area contributed by atoms with Gasteiger partial charge in [0, 0.05) is 27.2 Å². The molecule has 6 heteroatoms. The highest BCUT2D eigenvalue weighted by molar-refractivity contribution is 5.42. The van der Waals surface area contributed by atoms with Crippen LogP contribution in [0.5, 0.6) is 0 Å². The average Bonchev–Trinajstić information content (AvgIpc) is 3.17. The molecule has 1 heterocycles. The van der Waals surface area contributed by atoms with Gasteiger partial charge in [0.1, 0.15) is 0 Å². The molecule has 0 spiro atoms. The smallest absolute Gasteiger partial charge is 0.231 e. The largest absolute Gasteiger partial charge is 0.354 e. The Kier molecular flexibility index (Phi) is 4.17. The molecule has 1 fully saturated rings. The summed E-state index contributed by atoms with van der Waals surface area (Å²) >= 11 is 0. The van der Waals surface area contributed by atoms with Crippen LogP contribution in [0.1, 0.15) is 26.2 Å². The zero-order chi connectivity index (χ0) is 13.0. The van der Waals surface area contributed by atoms with Gasteiger partial charge in [-0.1, -0.05) is 6.92 Å². The number of rotatable bonds is 7. The third-order valence-electron chi connectivity index (χ3n) is 2.80. The molecule has 0 aromatic carbocycles. The summed E-state index contributed by atoms with van der Waals surface area (Å²) < 4.78 is 0. The fourth-order valence-corrected chi connectivity index (χ4v) is 1.52. The normalized spacial score (nSPS) is 14.4. The standard InChI is InChI=1S/C12H22N6/c1-4-7-13-10-15-11(14-8-9-5-6-9)17-12(16-10)18(2)3/h9H,4-8H2,1-3H3,(H2,13,14,15,16,17). The van der Waals surface area contributed by atoms with Gasteiger partial charge in [0.15, 0.2) is 0 Å². The molecule has 100 valence electrons. The highest BCUT2D eigenvalue weighted by Crippen LogP contribution is 2.28. The molecule has 1 saturated carbocycles. The van der Waals surface area contributed by atoms with E-state index in [1.54, 1.807) is 0 Å². The van der Waals surface area contributed by atoms with E-state index in [1.807, 2.05) is 19.0 Å². The van der Waals surface area contributed by atoms with E-state index >= 15 is 0 Å². The van der Waals surface area contributed by atoms with Crippen molar-refractivity contribution in [3.63, 3.8) is 0 Å². The number of nitrogens with one attached hydrogen (secondary N) is 2. The first-order valence-corrected chi connectivity index (χ1v) is 6.60. The highest BCUT2D eigenvalue weighted by atomic mass is 15.3. The Bertz CT molecular complexity index is 388. The summed E-state index contributed by atoms with van der Waals surface area (Å²) in [5, 5.41) is 6.49. The molecule has 0 atom stereocenters. The molecule has 0 unspecified atom stereocenters. The molecule has 18 heavy (non-hydrogen) atoms. The number of anilines is 3. The van der Waals surface area contributed by atoms with Gasteiger partial charge in [-0.05, 0) is 25.2 Å². The van der Waals surface area contributed by atoms with Crippen molar-refractivity contribution in [2.24, 2.45) is 5.92 Å². The van der Waals surface area contributed by atoms with Gasteiger partial charge in [-0.2, -0.15) is 15.0 Å². The number of hydrogen-bond donors (Lipinski definition) is 2. The Hall–Kier alpha value is -1.59. The molecule has 0 amide bonds. The van der Waals surface area contributed by atoms with Crippen LogP contribution in [0.15, 0.2) is 0 Å². The minimum absolute atomic E-state index is 0.647. The predicted molar refractivity (Wildman–Crippen MR) is 74.1 cm³/mol. The van der Waals surface area contributed by atoms with Gasteiger partial charge < -0.3 is 15.5 Å². The van der Waals surface area contributed by atoms with E-state index in [2.05, 4.69) is 32.5 Å². The lowest BCUT2D eigenvalue weighted by Crippen LogP contribution is -2.18. The van der Waals surface area contributed by atoms with Crippen LogP contribution >= 0.6 is 0 Å². The van der Waals surface area contributed by atoms with Crippen molar-refractivity contribution < 1.29 is 0 Å². The van der Waals surface area contributed by atoms with Crippen molar-refractivity contribution in [3.8, 4) is 0 Å². The van der Waals surface area contributed by atoms with Gasteiger partial charge in [-0.25, -0.2) is 0 Å². The van der Waals surface area contributed by atoms with Gasteiger partial charge >= 0.3 is 0 Å². The molecule has 2 rings (SSSR count). The summed E-state index contributed by atoms with van der Waals surface area (Å²) in [6.45, 7) is 3.95. The first-order chi connectivity index (χ1) is 8.69. The molecule has 0 aliphatic heterocycles. The Morgan fingerprint density at radius 2 is 1.78 bits per heavy atom. The lowest BCUT2D eigenvalue weighted by molar-refractivity contribution is 0.859. The summed E-state index contributed by atoms with van der Waals surface area (Å²) in [5.41, 5.74) is 0. The third kappa shape index (κ3) is 3.72. The monoisotopic (exact) mass is 250 g/mol. The SMILES string of the molecule is CCCNc1nc(NCC2CC2)nc(N(C)C)n1. The lowest BCUT2D eigenvalue weighted by atomic mass is 10.4. The van der Waals surface area contributed by atoms with Crippen molar-refractivity contribution in [1.29, 1.82) is 0 Å². The molecule has 1 aliphatic carbocycles. The van der Waals surface area contributed by atoms with E-state index in [9.17, 15) is 0 Å². The number of hydrogen-bond acceptors (Lipinski definition) is 6. The number of nitrogens with zero attached hydrogens (tertiary/aromatic N) is 4. The third-order valence-corrected chi connectivity index (χ3v) is 2.80. The summed E-state index contributed by atoms with van der Waals surface area (Å²) in [5.74, 6) is 2.80. The molecule has 1 aromatic rings. The Balaban J connectivity index is 2.07. The highest BCUT2D eigenvalue weighted by Gasteiger charge is 2.21. The van der Waals surface area contributed by atoms with Crippen LogP contribution in [0.4, 0.5) is 17.8 Å². The van der Waals surface area contributed by atoms with E-state index in [-0.39, 0.29) is 0 Å². The zero-order valence-electron chi connectivity index (χ0n) is 11.4. The fourth-order valence-electron chi connectivity index (χ4n) is 1.52. The van der Waals surface area contributed by atoms with Crippen LogP contribution in [-0.4, -0.2) is 42.1 Å². The average molecular weight is 250 g/mol. The topological polar surface area (TPSA) is 66.0 Å². The summed E-state index contributed by atoms with van der Waals surface area (Å²) in [6, 6.07) is 0. The molecule has 2 N–H and O–H groups in total. The maximum absolute atomic E-state index is 4.39. The number of aromatic nitrogens is 3. The molecule has 1 aliphatic rings. The van der Waals surface area contributed by atoms with Crippen molar-refractivity contribution >= 4 is 17.8 Å². The first kappa shape index (κ1) is 12.9. The van der Waals surface area contributed by atoms with Gasteiger partial charge in [0.05, 0.1) is 0 Å². The molecule has 0 bridgehead atoms. The Labute approximate surface area is 108 Å². The predicted octanol–water partition coefficient (Wildman–Crippen LogP) is 1.58. The van der Waals surface area contributed by atoms with Crippen molar-refractivity contribution in [1.82, 2.24) is 15.0 Å². The molecule has 0 radical (unpaired) electrons. The van der Waals surface area contributed by atoms with Crippen LogP contribution in [0.3, 0.4) is 0 Å².